The van der Waals surface area contributed by atoms with Crippen molar-refractivity contribution >= 4 is 50.7 Å². The number of hydrogen-bond acceptors (Lipinski definition) is 4. The lowest BCUT2D eigenvalue weighted by atomic mass is 10.0. The monoisotopic (exact) mass is 705 g/mol. The van der Waals surface area contributed by atoms with Crippen molar-refractivity contribution in [3.8, 4) is 0 Å². The summed E-state index contributed by atoms with van der Waals surface area (Å²) in [5.74, 6) is -0.870. The zero-order valence-corrected chi connectivity index (χ0v) is 29.8. The summed E-state index contributed by atoms with van der Waals surface area (Å²) in [5, 5.41) is 3.86. The summed E-state index contributed by atoms with van der Waals surface area (Å²) in [7, 11) is -4.21. The fourth-order valence-electron chi connectivity index (χ4n) is 6.21. The first-order valence-electron chi connectivity index (χ1n) is 16.2. The van der Waals surface area contributed by atoms with Crippen LogP contribution in [0.5, 0.6) is 0 Å². The van der Waals surface area contributed by atoms with Gasteiger partial charge >= 0.3 is 0 Å². The second-order valence-electron chi connectivity index (χ2n) is 12.5. The first kappa shape index (κ1) is 35.5. The minimum absolute atomic E-state index is 0.00486. The van der Waals surface area contributed by atoms with Crippen molar-refractivity contribution in [1.29, 1.82) is 0 Å². The van der Waals surface area contributed by atoms with Crippen LogP contribution in [-0.4, -0.2) is 43.8 Å². The molecule has 4 aromatic carbocycles. The second-order valence-corrected chi connectivity index (χ2v) is 15.2. The van der Waals surface area contributed by atoms with Crippen LogP contribution in [0.15, 0.2) is 95.9 Å². The molecule has 0 radical (unpaired) electrons. The maximum absolute atomic E-state index is 14.8. The maximum atomic E-state index is 14.8. The Hall–Kier alpha value is -3.85. The van der Waals surface area contributed by atoms with E-state index in [2.05, 4.69) is 5.32 Å². The molecule has 10 heteroatoms. The fourth-order valence-corrected chi connectivity index (χ4v) is 8.21. The highest BCUT2D eigenvalue weighted by molar-refractivity contribution is 7.92. The second kappa shape index (κ2) is 15.6. The minimum Gasteiger partial charge on any atom is -0.352 e. The molecule has 2 amide bonds. The van der Waals surface area contributed by atoms with E-state index in [0.29, 0.717) is 26.9 Å². The number of rotatable bonds is 12. The summed E-state index contributed by atoms with van der Waals surface area (Å²) in [4.78, 5) is 30.5. The van der Waals surface area contributed by atoms with Crippen LogP contribution in [0, 0.1) is 20.8 Å². The number of aryl methyl sites for hydroxylation is 3. The van der Waals surface area contributed by atoms with Crippen LogP contribution in [0.25, 0.3) is 0 Å². The number of hydrogen-bond donors (Lipinski definition) is 1. The highest BCUT2D eigenvalue weighted by Gasteiger charge is 2.36. The molecule has 1 N–H and O–H groups in total. The molecule has 1 unspecified atom stereocenters. The van der Waals surface area contributed by atoms with Gasteiger partial charge in [0.05, 0.1) is 10.6 Å². The van der Waals surface area contributed by atoms with Crippen LogP contribution in [0.2, 0.25) is 10.0 Å². The first-order chi connectivity index (χ1) is 22.9. The van der Waals surface area contributed by atoms with Crippen LogP contribution in [-0.2, 0) is 32.6 Å². The Morgan fingerprint density at radius 2 is 1.46 bits per heavy atom. The van der Waals surface area contributed by atoms with Crippen molar-refractivity contribution in [2.45, 2.75) is 76.4 Å². The summed E-state index contributed by atoms with van der Waals surface area (Å²) in [6.45, 7) is 4.97. The number of carbonyl (C=O) groups is 2. The van der Waals surface area contributed by atoms with Gasteiger partial charge in [0.25, 0.3) is 10.0 Å². The van der Waals surface area contributed by atoms with Gasteiger partial charge in [-0.05, 0) is 75.1 Å². The zero-order valence-electron chi connectivity index (χ0n) is 27.5. The quantitative estimate of drug-likeness (QED) is 0.163. The number of nitrogens with one attached hydrogen (secondary N) is 1. The van der Waals surface area contributed by atoms with Crippen molar-refractivity contribution in [2.24, 2.45) is 0 Å². The molecule has 0 bridgehead atoms. The first-order valence-corrected chi connectivity index (χ1v) is 18.4. The highest BCUT2D eigenvalue weighted by Crippen LogP contribution is 2.31. The summed E-state index contributed by atoms with van der Waals surface area (Å²) >= 11 is 13.3. The Morgan fingerprint density at radius 3 is 2.08 bits per heavy atom. The summed E-state index contributed by atoms with van der Waals surface area (Å²) in [5.41, 5.74) is 4.25. The van der Waals surface area contributed by atoms with Crippen molar-refractivity contribution in [3.63, 3.8) is 0 Å². The van der Waals surface area contributed by atoms with Gasteiger partial charge in [0.2, 0.25) is 11.8 Å². The number of benzene rings is 4. The van der Waals surface area contributed by atoms with Gasteiger partial charge in [-0.3, -0.25) is 13.9 Å². The third kappa shape index (κ3) is 8.41. The molecular weight excluding hydrogens is 665 g/mol. The molecule has 0 heterocycles. The molecule has 1 atom stereocenters. The molecule has 0 spiro atoms. The molecule has 7 nitrogen and oxygen atoms in total. The van der Waals surface area contributed by atoms with Gasteiger partial charge in [0.1, 0.15) is 12.6 Å². The predicted molar refractivity (Wildman–Crippen MR) is 193 cm³/mol. The van der Waals surface area contributed by atoms with Gasteiger partial charge in [-0.25, -0.2) is 8.42 Å². The maximum Gasteiger partial charge on any atom is 0.264 e. The van der Waals surface area contributed by atoms with E-state index >= 15 is 0 Å². The summed E-state index contributed by atoms with van der Waals surface area (Å²) in [6, 6.07) is 25.5. The Morgan fingerprint density at radius 1 is 0.833 bits per heavy atom. The fraction of sp³-hybridized carbons (Fsp3) is 0.316. The lowest BCUT2D eigenvalue weighted by molar-refractivity contribution is -0.140. The molecule has 1 aliphatic carbocycles. The van der Waals surface area contributed by atoms with E-state index in [-0.39, 0.29) is 29.8 Å². The Labute approximate surface area is 293 Å². The molecule has 5 rings (SSSR count). The van der Waals surface area contributed by atoms with E-state index in [0.717, 1.165) is 46.7 Å². The molecule has 252 valence electrons. The van der Waals surface area contributed by atoms with Crippen LogP contribution in [0.4, 0.5) is 5.69 Å². The number of halogens is 2. The van der Waals surface area contributed by atoms with Gasteiger partial charge in [-0.1, -0.05) is 108 Å². The summed E-state index contributed by atoms with van der Waals surface area (Å²) < 4.78 is 29.9. The summed E-state index contributed by atoms with van der Waals surface area (Å²) in [6.07, 6.45) is 3.98. The number of nitrogens with zero attached hydrogens (tertiary/aromatic N) is 2. The number of anilines is 1. The molecule has 0 saturated heterocycles. The normalized spacial score (nSPS) is 14.0. The number of carbonyl (C=O) groups excluding carboxylic acids is 2. The molecule has 4 aromatic rings. The predicted octanol–water partition coefficient (Wildman–Crippen LogP) is 7.81. The lowest BCUT2D eigenvalue weighted by Gasteiger charge is -2.35. The van der Waals surface area contributed by atoms with Gasteiger partial charge in [0.15, 0.2) is 0 Å². The van der Waals surface area contributed by atoms with Crippen LogP contribution in [0.1, 0.15) is 53.5 Å². The van der Waals surface area contributed by atoms with Crippen molar-refractivity contribution in [2.75, 3.05) is 10.8 Å². The zero-order chi connectivity index (χ0) is 34.4. The van der Waals surface area contributed by atoms with E-state index in [4.69, 9.17) is 23.2 Å². The van der Waals surface area contributed by atoms with Crippen LogP contribution >= 0.6 is 23.2 Å². The highest BCUT2D eigenvalue weighted by atomic mass is 35.5. The van der Waals surface area contributed by atoms with Gasteiger partial charge in [-0.15, -0.1) is 0 Å². The third-order valence-corrected chi connectivity index (χ3v) is 11.4. The largest absolute Gasteiger partial charge is 0.352 e. The molecule has 1 aliphatic rings. The van der Waals surface area contributed by atoms with E-state index in [1.54, 1.807) is 48.5 Å². The Kier molecular flexibility index (Phi) is 11.5. The van der Waals surface area contributed by atoms with E-state index in [1.807, 2.05) is 63.2 Å². The standard InChI is InChI=1S/C38H41Cl2N3O4S/c1-26-16-19-31(20-17-26)48(46,47)43(35-21-18-27(2)22-28(35)3)25-37(44)42(24-32-33(39)14-9-15-34(32)40)36(23-29-10-5-4-6-11-29)38(45)41-30-12-7-8-13-30/h4-6,9-11,14-22,30,36H,7-8,12-13,23-25H2,1-3H3,(H,41,45). The van der Waals surface area contributed by atoms with E-state index in [9.17, 15) is 18.0 Å². The molecule has 0 aromatic heterocycles. The van der Waals surface area contributed by atoms with E-state index < -0.39 is 28.5 Å². The molecule has 1 saturated carbocycles. The molecule has 1 fully saturated rings. The average Bonchev–Trinajstić information content (AvgIpc) is 3.56. The molecular formula is C38H41Cl2N3O4S. The van der Waals surface area contributed by atoms with Gasteiger partial charge in [-0.2, -0.15) is 0 Å². The Bertz CT molecular complexity index is 1840. The SMILES string of the molecule is Cc1ccc(S(=O)(=O)N(CC(=O)N(Cc2c(Cl)cccc2Cl)C(Cc2ccccc2)C(=O)NC2CCCC2)c2ccc(C)cc2C)cc1. The van der Waals surface area contributed by atoms with Crippen molar-refractivity contribution in [1.82, 2.24) is 10.2 Å². The van der Waals surface area contributed by atoms with E-state index in [1.165, 1.54) is 4.90 Å². The van der Waals surface area contributed by atoms with Crippen molar-refractivity contribution in [3.05, 3.63) is 129 Å². The third-order valence-electron chi connectivity index (χ3n) is 8.87. The van der Waals surface area contributed by atoms with Gasteiger partial charge in [0, 0.05) is 34.6 Å². The lowest BCUT2D eigenvalue weighted by Crippen LogP contribution is -2.54. The van der Waals surface area contributed by atoms with Crippen LogP contribution in [0.3, 0.4) is 0 Å². The minimum atomic E-state index is -4.21. The smallest absolute Gasteiger partial charge is 0.264 e. The Balaban J connectivity index is 1.61. The molecule has 0 aliphatic heterocycles. The molecule has 48 heavy (non-hydrogen) atoms. The van der Waals surface area contributed by atoms with Crippen molar-refractivity contribution < 1.29 is 18.0 Å². The van der Waals surface area contributed by atoms with Gasteiger partial charge < -0.3 is 10.2 Å². The topological polar surface area (TPSA) is 86.8 Å². The van der Waals surface area contributed by atoms with Crippen LogP contribution < -0.4 is 9.62 Å². The number of sulfonamides is 1. The average molecular weight is 707 g/mol. The number of amides is 2.